The lowest BCUT2D eigenvalue weighted by molar-refractivity contribution is -0.135. The van der Waals surface area contributed by atoms with Gasteiger partial charge in [0.05, 0.1) is 5.41 Å². The summed E-state index contributed by atoms with van der Waals surface area (Å²) >= 11 is 0. The molecule has 1 aliphatic carbocycles. The van der Waals surface area contributed by atoms with Crippen LogP contribution < -0.4 is 5.73 Å². The SMILES string of the molecule is NCCN1CCN(C(=O)C2(c3ccccc3)CC2)CC1. The summed E-state index contributed by atoms with van der Waals surface area (Å²) in [5.74, 6) is 0.330. The molecular weight excluding hydrogens is 250 g/mol. The van der Waals surface area contributed by atoms with Crippen LogP contribution >= 0.6 is 0 Å². The lowest BCUT2D eigenvalue weighted by Gasteiger charge is -2.36. The van der Waals surface area contributed by atoms with Gasteiger partial charge in [0.1, 0.15) is 0 Å². The Morgan fingerprint density at radius 3 is 2.30 bits per heavy atom. The number of piperazine rings is 1. The van der Waals surface area contributed by atoms with Crippen molar-refractivity contribution in [2.45, 2.75) is 18.3 Å². The minimum atomic E-state index is -0.211. The average molecular weight is 273 g/mol. The third kappa shape index (κ3) is 2.45. The molecule has 1 amide bonds. The molecule has 1 heterocycles. The molecule has 0 radical (unpaired) electrons. The van der Waals surface area contributed by atoms with E-state index in [1.165, 1.54) is 5.56 Å². The van der Waals surface area contributed by atoms with E-state index in [0.29, 0.717) is 12.5 Å². The van der Waals surface area contributed by atoms with Crippen LogP contribution in [0.15, 0.2) is 30.3 Å². The van der Waals surface area contributed by atoms with Crippen LogP contribution in [0.4, 0.5) is 0 Å². The Balaban J connectivity index is 1.66. The number of benzene rings is 1. The molecule has 0 atom stereocenters. The van der Waals surface area contributed by atoms with Crippen molar-refractivity contribution in [3.8, 4) is 0 Å². The first-order valence-electron chi connectivity index (χ1n) is 7.53. The van der Waals surface area contributed by atoms with E-state index >= 15 is 0 Å². The second-order valence-corrected chi connectivity index (χ2v) is 5.87. The molecule has 2 aliphatic rings. The van der Waals surface area contributed by atoms with Gasteiger partial charge in [0.25, 0.3) is 0 Å². The molecule has 1 aliphatic heterocycles. The first-order chi connectivity index (χ1) is 9.76. The van der Waals surface area contributed by atoms with Crippen molar-refractivity contribution >= 4 is 5.91 Å². The Hall–Kier alpha value is -1.39. The fourth-order valence-corrected chi connectivity index (χ4v) is 3.17. The van der Waals surface area contributed by atoms with Gasteiger partial charge in [0.2, 0.25) is 5.91 Å². The highest BCUT2D eigenvalue weighted by atomic mass is 16.2. The molecule has 2 fully saturated rings. The molecular formula is C16H23N3O. The Labute approximate surface area is 120 Å². The third-order valence-electron chi connectivity index (χ3n) is 4.59. The summed E-state index contributed by atoms with van der Waals surface area (Å²) in [6.07, 6.45) is 2.00. The van der Waals surface area contributed by atoms with E-state index in [0.717, 1.165) is 45.6 Å². The normalized spacial score (nSPS) is 21.8. The smallest absolute Gasteiger partial charge is 0.233 e. The summed E-state index contributed by atoms with van der Waals surface area (Å²) in [7, 11) is 0. The molecule has 3 rings (SSSR count). The van der Waals surface area contributed by atoms with E-state index in [1.807, 2.05) is 23.1 Å². The molecule has 4 nitrogen and oxygen atoms in total. The van der Waals surface area contributed by atoms with Crippen LogP contribution in [-0.4, -0.2) is 55.0 Å². The zero-order valence-electron chi connectivity index (χ0n) is 11.9. The van der Waals surface area contributed by atoms with E-state index in [1.54, 1.807) is 0 Å². The van der Waals surface area contributed by atoms with Crippen molar-refractivity contribution in [3.63, 3.8) is 0 Å². The van der Waals surface area contributed by atoms with Gasteiger partial charge in [0.15, 0.2) is 0 Å². The van der Waals surface area contributed by atoms with Gasteiger partial charge < -0.3 is 10.6 Å². The molecule has 108 valence electrons. The lowest BCUT2D eigenvalue weighted by Crippen LogP contribution is -2.52. The minimum Gasteiger partial charge on any atom is -0.339 e. The third-order valence-corrected chi connectivity index (χ3v) is 4.59. The molecule has 2 N–H and O–H groups in total. The number of carbonyl (C=O) groups excluding carboxylic acids is 1. The Bertz CT molecular complexity index is 462. The molecule has 0 unspecified atom stereocenters. The largest absolute Gasteiger partial charge is 0.339 e. The molecule has 20 heavy (non-hydrogen) atoms. The fourth-order valence-electron chi connectivity index (χ4n) is 3.17. The topological polar surface area (TPSA) is 49.6 Å². The molecule has 1 saturated heterocycles. The van der Waals surface area contributed by atoms with Gasteiger partial charge in [-0.25, -0.2) is 0 Å². The highest BCUT2D eigenvalue weighted by Gasteiger charge is 2.53. The van der Waals surface area contributed by atoms with Crippen molar-refractivity contribution < 1.29 is 4.79 Å². The summed E-state index contributed by atoms with van der Waals surface area (Å²) in [5.41, 5.74) is 6.57. The van der Waals surface area contributed by atoms with Crippen molar-refractivity contribution in [2.75, 3.05) is 39.3 Å². The monoisotopic (exact) mass is 273 g/mol. The van der Waals surface area contributed by atoms with E-state index in [2.05, 4.69) is 17.0 Å². The number of carbonyl (C=O) groups is 1. The summed E-state index contributed by atoms with van der Waals surface area (Å²) in [5, 5.41) is 0. The van der Waals surface area contributed by atoms with Gasteiger partial charge in [-0.3, -0.25) is 9.69 Å². The van der Waals surface area contributed by atoms with Crippen LogP contribution in [0.5, 0.6) is 0 Å². The maximum absolute atomic E-state index is 12.8. The summed E-state index contributed by atoms with van der Waals surface area (Å²) in [6, 6.07) is 10.3. The van der Waals surface area contributed by atoms with Crippen LogP contribution in [0, 0.1) is 0 Å². The molecule has 4 heteroatoms. The maximum Gasteiger partial charge on any atom is 0.233 e. The van der Waals surface area contributed by atoms with Crippen LogP contribution in [0.3, 0.4) is 0 Å². The first kappa shape index (κ1) is 13.6. The van der Waals surface area contributed by atoms with Gasteiger partial charge in [-0.2, -0.15) is 0 Å². The molecule has 0 bridgehead atoms. The van der Waals surface area contributed by atoms with Crippen LogP contribution in [-0.2, 0) is 10.2 Å². The van der Waals surface area contributed by atoms with E-state index in [4.69, 9.17) is 5.73 Å². The average Bonchev–Trinajstić information content (AvgIpc) is 3.30. The zero-order chi connectivity index (χ0) is 14.0. The second-order valence-electron chi connectivity index (χ2n) is 5.87. The lowest BCUT2D eigenvalue weighted by atomic mass is 9.94. The minimum absolute atomic E-state index is 0.211. The Kier molecular flexibility index (Phi) is 3.76. The molecule has 1 saturated carbocycles. The number of hydrogen-bond acceptors (Lipinski definition) is 3. The molecule has 0 spiro atoms. The van der Waals surface area contributed by atoms with Crippen molar-refractivity contribution in [1.82, 2.24) is 9.80 Å². The highest BCUT2D eigenvalue weighted by molar-refractivity contribution is 5.91. The zero-order valence-corrected chi connectivity index (χ0v) is 11.9. The maximum atomic E-state index is 12.8. The fraction of sp³-hybridized carbons (Fsp3) is 0.562. The van der Waals surface area contributed by atoms with Crippen LogP contribution in [0.25, 0.3) is 0 Å². The first-order valence-corrected chi connectivity index (χ1v) is 7.53. The molecule has 1 aromatic carbocycles. The van der Waals surface area contributed by atoms with Crippen molar-refractivity contribution in [2.24, 2.45) is 5.73 Å². The summed E-state index contributed by atoms with van der Waals surface area (Å²) in [6.45, 7) is 5.22. The van der Waals surface area contributed by atoms with Crippen molar-refractivity contribution in [3.05, 3.63) is 35.9 Å². The van der Waals surface area contributed by atoms with Crippen LogP contribution in [0.2, 0.25) is 0 Å². The van der Waals surface area contributed by atoms with Gasteiger partial charge in [0, 0.05) is 39.3 Å². The number of hydrogen-bond donors (Lipinski definition) is 1. The van der Waals surface area contributed by atoms with Gasteiger partial charge in [-0.1, -0.05) is 30.3 Å². The predicted molar refractivity (Wildman–Crippen MR) is 79.4 cm³/mol. The van der Waals surface area contributed by atoms with E-state index in [-0.39, 0.29) is 5.41 Å². The van der Waals surface area contributed by atoms with E-state index < -0.39 is 0 Å². The van der Waals surface area contributed by atoms with Gasteiger partial charge >= 0.3 is 0 Å². The van der Waals surface area contributed by atoms with E-state index in [9.17, 15) is 4.79 Å². The second kappa shape index (κ2) is 5.54. The Morgan fingerprint density at radius 2 is 1.75 bits per heavy atom. The molecule has 0 aromatic heterocycles. The van der Waals surface area contributed by atoms with Crippen LogP contribution in [0.1, 0.15) is 18.4 Å². The van der Waals surface area contributed by atoms with Crippen molar-refractivity contribution in [1.29, 1.82) is 0 Å². The number of nitrogens with two attached hydrogens (primary N) is 1. The number of amides is 1. The Morgan fingerprint density at radius 1 is 1.10 bits per heavy atom. The molecule has 1 aromatic rings. The number of nitrogens with zero attached hydrogens (tertiary/aromatic N) is 2. The standard InChI is InChI=1S/C16H23N3O/c17-8-9-18-10-12-19(13-11-18)15(20)16(6-7-16)14-4-2-1-3-5-14/h1-5H,6-13,17H2. The predicted octanol–water partition coefficient (Wildman–Crippen LogP) is 0.821. The summed E-state index contributed by atoms with van der Waals surface area (Å²) in [4.78, 5) is 17.2. The van der Waals surface area contributed by atoms with Gasteiger partial charge in [-0.15, -0.1) is 0 Å². The number of rotatable bonds is 4. The van der Waals surface area contributed by atoms with Gasteiger partial charge in [-0.05, 0) is 18.4 Å². The highest BCUT2D eigenvalue weighted by Crippen LogP contribution is 2.49. The quantitative estimate of drug-likeness (QED) is 0.883. The summed E-state index contributed by atoms with van der Waals surface area (Å²) < 4.78 is 0.